The zero-order valence-corrected chi connectivity index (χ0v) is 12.9. The van der Waals surface area contributed by atoms with Crippen LogP contribution < -0.4 is 5.32 Å². The van der Waals surface area contributed by atoms with Crippen LogP contribution >= 0.6 is 11.6 Å². The van der Waals surface area contributed by atoms with E-state index in [1.54, 1.807) is 17.1 Å². The van der Waals surface area contributed by atoms with Crippen LogP contribution in [0.2, 0.25) is 5.15 Å². The van der Waals surface area contributed by atoms with E-state index in [0.717, 1.165) is 11.1 Å². The van der Waals surface area contributed by atoms with Crippen LogP contribution in [0, 0.1) is 0 Å². The molecule has 2 aromatic heterocycles. The van der Waals surface area contributed by atoms with Crippen LogP contribution in [0.5, 0.6) is 0 Å². The van der Waals surface area contributed by atoms with Crippen LogP contribution in [0.1, 0.15) is 21.5 Å². The monoisotopic (exact) mass is 327 g/mol. The first kappa shape index (κ1) is 15.2. The molecular weight excluding hydrogens is 314 g/mol. The minimum atomic E-state index is -0.180. The van der Waals surface area contributed by atoms with Crippen molar-refractivity contribution in [3.8, 4) is 0 Å². The molecule has 0 spiro atoms. The maximum absolute atomic E-state index is 12.0. The molecule has 0 atom stereocenters. The minimum Gasteiger partial charge on any atom is -0.348 e. The van der Waals surface area contributed by atoms with Gasteiger partial charge in [0, 0.05) is 18.3 Å². The topological polar surface area (TPSA) is 72.7 Å². The first-order valence-corrected chi connectivity index (χ1v) is 7.38. The number of benzene rings is 1. The van der Waals surface area contributed by atoms with Crippen molar-refractivity contribution in [1.29, 1.82) is 0 Å². The molecule has 2 heterocycles. The lowest BCUT2D eigenvalue weighted by atomic mass is 10.1. The summed E-state index contributed by atoms with van der Waals surface area (Å²) in [6, 6.07) is 11.1. The van der Waals surface area contributed by atoms with Crippen molar-refractivity contribution in [2.75, 3.05) is 0 Å². The van der Waals surface area contributed by atoms with Gasteiger partial charge in [-0.25, -0.2) is 14.6 Å². The van der Waals surface area contributed by atoms with E-state index in [4.69, 9.17) is 11.6 Å². The smallest absolute Gasteiger partial charge is 0.251 e. The highest BCUT2D eigenvalue weighted by Gasteiger charge is 2.06. The quantitative estimate of drug-likeness (QED) is 0.730. The third-order valence-electron chi connectivity index (χ3n) is 3.28. The summed E-state index contributed by atoms with van der Waals surface area (Å²) in [5, 5.41) is 7.22. The number of pyridine rings is 1. The highest BCUT2D eigenvalue weighted by Crippen LogP contribution is 2.08. The molecule has 1 amide bonds. The third-order valence-corrected chi connectivity index (χ3v) is 3.48. The fourth-order valence-electron chi connectivity index (χ4n) is 2.09. The van der Waals surface area contributed by atoms with E-state index < -0.39 is 0 Å². The van der Waals surface area contributed by atoms with Crippen molar-refractivity contribution in [1.82, 2.24) is 25.1 Å². The zero-order valence-electron chi connectivity index (χ0n) is 12.2. The van der Waals surface area contributed by atoms with Crippen molar-refractivity contribution < 1.29 is 4.79 Å². The summed E-state index contributed by atoms with van der Waals surface area (Å²) < 4.78 is 1.75. The van der Waals surface area contributed by atoms with Crippen molar-refractivity contribution >= 4 is 17.5 Å². The number of nitrogens with one attached hydrogen (secondary N) is 1. The van der Waals surface area contributed by atoms with Gasteiger partial charge >= 0.3 is 0 Å². The molecule has 0 aliphatic rings. The first-order valence-electron chi connectivity index (χ1n) is 7.01. The summed E-state index contributed by atoms with van der Waals surface area (Å²) in [6.07, 6.45) is 4.69. The maximum atomic E-state index is 12.0. The lowest BCUT2D eigenvalue weighted by Crippen LogP contribution is -2.22. The molecule has 0 unspecified atom stereocenters. The number of halogens is 1. The molecule has 23 heavy (non-hydrogen) atoms. The Labute approximate surface area is 138 Å². The fraction of sp³-hybridized carbons (Fsp3) is 0.125. The molecule has 0 fully saturated rings. The Morgan fingerprint density at radius 2 is 1.96 bits per heavy atom. The van der Waals surface area contributed by atoms with Crippen molar-refractivity contribution in [2.45, 2.75) is 13.1 Å². The van der Waals surface area contributed by atoms with Gasteiger partial charge in [-0.1, -0.05) is 35.9 Å². The number of carbonyl (C=O) groups is 1. The number of carbonyl (C=O) groups excluding carboxylic acids is 1. The van der Waals surface area contributed by atoms with Gasteiger partial charge in [-0.15, -0.1) is 0 Å². The average molecular weight is 328 g/mol. The number of nitrogens with zero attached hydrogens (tertiary/aromatic N) is 4. The van der Waals surface area contributed by atoms with Gasteiger partial charge in [0.2, 0.25) is 0 Å². The third kappa shape index (κ3) is 4.14. The highest BCUT2D eigenvalue weighted by molar-refractivity contribution is 6.29. The molecule has 0 aliphatic heterocycles. The van der Waals surface area contributed by atoms with Crippen LogP contribution in [0.4, 0.5) is 0 Å². The number of aromatic nitrogens is 4. The molecule has 6 nitrogen and oxygen atoms in total. The fourth-order valence-corrected chi connectivity index (χ4v) is 2.27. The van der Waals surface area contributed by atoms with Crippen LogP contribution in [-0.2, 0) is 13.1 Å². The van der Waals surface area contributed by atoms with Gasteiger partial charge in [-0.05, 0) is 23.3 Å². The Hall–Kier alpha value is -2.73. The Morgan fingerprint density at radius 3 is 2.65 bits per heavy atom. The summed E-state index contributed by atoms with van der Waals surface area (Å²) >= 11 is 5.78. The molecular formula is C16H14ClN5O. The van der Waals surface area contributed by atoms with E-state index in [0.29, 0.717) is 23.8 Å². The second-order valence-corrected chi connectivity index (χ2v) is 5.35. The lowest BCUT2D eigenvalue weighted by Gasteiger charge is -2.07. The van der Waals surface area contributed by atoms with Crippen molar-refractivity contribution in [2.24, 2.45) is 0 Å². The normalized spacial score (nSPS) is 10.5. The Morgan fingerprint density at radius 1 is 1.17 bits per heavy atom. The summed E-state index contributed by atoms with van der Waals surface area (Å²) in [5.74, 6) is -0.180. The lowest BCUT2D eigenvalue weighted by molar-refractivity contribution is 0.0951. The number of hydrogen-bond donors (Lipinski definition) is 1. The van der Waals surface area contributed by atoms with Crippen LogP contribution in [0.3, 0.4) is 0 Å². The largest absolute Gasteiger partial charge is 0.348 e. The van der Waals surface area contributed by atoms with Gasteiger partial charge < -0.3 is 5.32 Å². The predicted octanol–water partition coefficient (Wildman–Crippen LogP) is 2.30. The van der Waals surface area contributed by atoms with Gasteiger partial charge in [-0.3, -0.25) is 4.79 Å². The molecule has 0 saturated carbocycles. The molecule has 3 rings (SSSR count). The standard InChI is InChI=1S/C16H14ClN5O/c17-15-7-14(5-6-19-15)16(23)20-8-12-1-3-13(4-2-12)9-22-11-18-10-21-22/h1-7,10-11H,8-9H2,(H,20,23). The van der Waals surface area contributed by atoms with E-state index in [1.807, 2.05) is 24.3 Å². The molecule has 1 N–H and O–H groups in total. The molecule has 0 radical (unpaired) electrons. The highest BCUT2D eigenvalue weighted by atomic mass is 35.5. The van der Waals surface area contributed by atoms with Gasteiger partial charge in [0.25, 0.3) is 5.91 Å². The predicted molar refractivity (Wildman–Crippen MR) is 86.0 cm³/mol. The summed E-state index contributed by atoms with van der Waals surface area (Å²) in [7, 11) is 0. The molecule has 0 aliphatic carbocycles. The van der Waals surface area contributed by atoms with Gasteiger partial charge in [-0.2, -0.15) is 5.10 Å². The van der Waals surface area contributed by atoms with Crippen LogP contribution in [0.25, 0.3) is 0 Å². The Balaban J connectivity index is 1.57. The molecule has 116 valence electrons. The van der Waals surface area contributed by atoms with E-state index in [2.05, 4.69) is 20.4 Å². The van der Waals surface area contributed by atoms with Crippen molar-refractivity contribution in [3.63, 3.8) is 0 Å². The molecule has 1 aromatic carbocycles. The molecule has 0 saturated heterocycles. The molecule has 7 heteroatoms. The van der Waals surface area contributed by atoms with E-state index in [1.165, 1.54) is 18.6 Å². The average Bonchev–Trinajstić information content (AvgIpc) is 3.07. The van der Waals surface area contributed by atoms with Crippen LogP contribution in [0.15, 0.2) is 55.2 Å². The van der Waals surface area contributed by atoms with Gasteiger partial charge in [0.15, 0.2) is 0 Å². The second kappa shape index (κ2) is 7.02. The van der Waals surface area contributed by atoms with E-state index in [-0.39, 0.29) is 5.91 Å². The Bertz CT molecular complexity index is 786. The Kier molecular flexibility index (Phi) is 4.63. The molecule has 3 aromatic rings. The van der Waals surface area contributed by atoms with E-state index in [9.17, 15) is 4.79 Å². The zero-order chi connectivity index (χ0) is 16.1. The maximum Gasteiger partial charge on any atom is 0.251 e. The van der Waals surface area contributed by atoms with Crippen molar-refractivity contribution in [3.05, 3.63) is 77.1 Å². The summed E-state index contributed by atoms with van der Waals surface area (Å²) in [5.41, 5.74) is 2.63. The van der Waals surface area contributed by atoms with E-state index >= 15 is 0 Å². The van der Waals surface area contributed by atoms with Gasteiger partial charge in [0.1, 0.15) is 17.8 Å². The number of amides is 1. The second-order valence-electron chi connectivity index (χ2n) is 4.96. The molecule has 0 bridgehead atoms. The summed E-state index contributed by atoms with van der Waals surface area (Å²) in [6.45, 7) is 1.12. The first-order chi connectivity index (χ1) is 11.2. The SMILES string of the molecule is O=C(NCc1ccc(Cn2cncn2)cc1)c1ccnc(Cl)c1. The van der Waals surface area contributed by atoms with Crippen LogP contribution in [-0.4, -0.2) is 25.7 Å². The number of hydrogen-bond acceptors (Lipinski definition) is 4. The summed E-state index contributed by atoms with van der Waals surface area (Å²) in [4.78, 5) is 19.8. The van der Waals surface area contributed by atoms with Gasteiger partial charge in [0.05, 0.1) is 6.54 Å². The minimum absolute atomic E-state index is 0.180. The number of rotatable bonds is 5.